The number of nitrogens with one attached hydrogen (secondary N) is 1. The molecule has 1 N–H and O–H groups in total. The Kier molecular flexibility index (Phi) is 5.49. The van der Waals surface area contributed by atoms with Crippen LogP contribution >= 0.6 is 0 Å². The molecule has 1 aromatic carbocycles. The Hall–Kier alpha value is -2.12. The molecule has 0 heterocycles. The van der Waals surface area contributed by atoms with E-state index in [0.717, 1.165) is 6.42 Å². The van der Waals surface area contributed by atoms with Crippen molar-refractivity contribution in [3.63, 3.8) is 0 Å². The number of nitrogens with zero attached hydrogens (tertiary/aromatic N) is 1. The van der Waals surface area contributed by atoms with Gasteiger partial charge in [0.2, 0.25) is 5.91 Å². The van der Waals surface area contributed by atoms with E-state index in [-0.39, 0.29) is 12.5 Å². The summed E-state index contributed by atoms with van der Waals surface area (Å²) >= 11 is 0. The summed E-state index contributed by atoms with van der Waals surface area (Å²) in [6, 6.07) is 8.66. The van der Waals surface area contributed by atoms with Crippen LogP contribution < -0.4 is 5.32 Å². The summed E-state index contributed by atoms with van der Waals surface area (Å²) < 4.78 is 5.12. The van der Waals surface area contributed by atoms with Crippen molar-refractivity contribution in [3.05, 3.63) is 42.5 Å². The maximum atomic E-state index is 11.4. The molecule has 0 aliphatic rings. The van der Waals surface area contributed by atoms with Crippen LogP contribution in [0, 0.1) is 11.3 Å². The molecule has 17 heavy (non-hydrogen) atoms. The Morgan fingerprint density at radius 1 is 1.47 bits per heavy atom. The zero-order valence-electron chi connectivity index (χ0n) is 9.48. The van der Waals surface area contributed by atoms with Gasteiger partial charge >= 0.3 is 0 Å². The van der Waals surface area contributed by atoms with Crippen LogP contribution in [0.5, 0.6) is 0 Å². The van der Waals surface area contributed by atoms with Crippen LogP contribution in [0.3, 0.4) is 0 Å². The maximum Gasteiger partial charge on any atom is 0.250 e. The Balaban J connectivity index is 2.35. The van der Waals surface area contributed by atoms with Crippen molar-refractivity contribution in [2.24, 2.45) is 0 Å². The van der Waals surface area contributed by atoms with E-state index < -0.39 is 0 Å². The first-order valence-corrected chi connectivity index (χ1v) is 5.25. The lowest BCUT2D eigenvalue weighted by Crippen LogP contribution is -2.18. The van der Waals surface area contributed by atoms with Gasteiger partial charge in [0.25, 0.3) is 0 Å². The third-order valence-corrected chi connectivity index (χ3v) is 2.00. The number of anilines is 1. The lowest BCUT2D eigenvalue weighted by atomic mass is 10.2. The van der Waals surface area contributed by atoms with Gasteiger partial charge in [0.05, 0.1) is 18.2 Å². The second-order valence-corrected chi connectivity index (χ2v) is 3.37. The van der Waals surface area contributed by atoms with Crippen molar-refractivity contribution in [1.29, 1.82) is 5.26 Å². The Morgan fingerprint density at radius 3 is 2.76 bits per heavy atom. The fourth-order valence-electron chi connectivity index (χ4n) is 1.16. The fourth-order valence-corrected chi connectivity index (χ4v) is 1.16. The minimum atomic E-state index is -0.209. The zero-order valence-corrected chi connectivity index (χ0v) is 9.48. The van der Waals surface area contributed by atoms with E-state index in [9.17, 15) is 4.79 Å². The summed E-state index contributed by atoms with van der Waals surface area (Å²) in [7, 11) is 0. The second kappa shape index (κ2) is 7.20. The summed E-state index contributed by atoms with van der Waals surface area (Å²) in [5, 5.41) is 11.3. The predicted molar refractivity (Wildman–Crippen MR) is 65.4 cm³/mol. The molecule has 4 heteroatoms. The van der Waals surface area contributed by atoms with E-state index >= 15 is 0 Å². The molecule has 0 saturated carbocycles. The van der Waals surface area contributed by atoms with E-state index in [1.54, 1.807) is 30.3 Å². The summed E-state index contributed by atoms with van der Waals surface area (Å²) in [6.45, 7) is 4.07. The lowest BCUT2D eigenvalue weighted by molar-refractivity contribution is -0.120. The number of hydrogen-bond donors (Lipinski definition) is 1. The number of hydrogen-bond acceptors (Lipinski definition) is 3. The number of ether oxygens (including phenoxy) is 1. The minimum Gasteiger partial charge on any atom is -0.371 e. The van der Waals surface area contributed by atoms with Gasteiger partial charge in [-0.25, -0.2) is 0 Å². The van der Waals surface area contributed by atoms with Crippen LogP contribution in [-0.4, -0.2) is 19.1 Å². The number of nitriles is 1. The van der Waals surface area contributed by atoms with Crippen molar-refractivity contribution < 1.29 is 9.53 Å². The molecule has 0 spiro atoms. The Morgan fingerprint density at radius 2 is 2.18 bits per heavy atom. The average Bonchev–Trinajstić information content (AvgIpc) is 2.36. The van der Waals surface area contributed by atoms with Crippen LogP contribution in [0.15, 0.2) is 36.9 Å². The summed E-state index contributed by atoms with van der Waals surface area (Å²) in [5.74, 6) is -0.209. The van der Waals surface area contributed by atoms with E-state index in [4.69, 9.17) is 10.00 Å². The summed E-state index contributed by atoms with van der Waals surface area (Å²) in [6.07, 6.45) is 2.46. The minimum absolute atomic E-state index is 0.0217. The highest BCUT2D eigenvalue weighted by molar-refractivity contribution is 5.91. The number of benzene rings is 1. The van der Waals surface area contributed by atoms with Crippen LogP contribution in [-0.2, 0) is 9.53 Å². The van der Waals surface area contributed by atoms with Crippen LogP contribution in [0.4, 0.5) is 5.69 Å². The van der Waals surface area contributed by atoms with Gasteiger partial charge in [0.15, 0.2) is 0 Å². The van der Waals surface area contributed by atoms with E-state index in [2.05, 4.69) is 11.9 Å². The first-order chi connectivity index (χ1) is 8.26. The molecule has 1 aromatic rings. The maximum absolute atomic E-state index is 11.4. The summed E-state index contributed by atoms with van der Waals surface area (Å²) in [5.41, 5.74) is 1.21. The van der Waals surface area contributed by atoms with Crippen molar-refractivity contribution in [2.45, 2.75) is 6.42 Å². The third kappa shape index (κ3) is 4.96. The van der Waals surface area contributed by atoms with Gasteiger partial charge < -0.3 is 10.1 Å². The fraction of sp³-hybridized carbons (Fsp3) is 0.231. The lowest BCUT2D eigenvalue weighted by Gasteiger charge is -2.05. The molecular formula is C13H14N2O2. The van der Waals surface area contributed by atoms with E-state index in [0.29, 0.717) is 17.9 Å². The van der Waals surface area contributed by atoms with Gasteiger partial charge in [0, 0.05) is 5.69 Å². The van der Waals surface area contributed by atoms with E-state index in [1.807, 2.05) is 6.07 Å². The number of amides is 1. The SMILES string of the molecule is C=CCCOCC(=O)Nc1ccc(C#N)cc1. The molecule has 88 valence electrons. The average molecular weight is 230 g/mol. The molecule has 0 atom stereocenters. The quantitative estimate of drug-likeness (QED) is 0.601. The number of carbonyl (C=O) groups excluding carboxylic acids is 1. The largest absolute Gasteiger partial charge is 0.371 e. The number of carbonyl (C=O) groups is 1. The number of rotatable bonds is 6. The van der Waals surface area contributed by atoms with Crippen molar-refractivity contribution in [3.8, 4) is 6.07 Å². The molecule has 0 radical (unpaired) electrons. The first-order valence-electron chi connectivity index (χ1n) is 5.25. The molecule has 0 unspecified atom stereocenters. The van der Waals surface area contributed by atoms with Crippen LogP contribution in [0.25, 0.3) is 0 Å². The first kappa shape index (κ1) is 12.9. The van der Waals surface area contributed by atoms with E-state index in [1.165, 1.54) is 0 Å². The van der Waals surface area contributed by atoms with Gasteiger partial charge in [-0.15, -0.1) is 6.58 Å². The standard InChI is InChI=1S/C13H14N2O2/c1-2-3-8-17-10-13(16)15-12-6-4-11(9-14)5-7-12/h2,4-7H,1,3,8,10H2,(H,15,16). The van der Waals surface area contributed by atoms with Crippen molar-refractivity contribution >= 4 is 11.6 Å². The van der Waals surface area contributed by atoms with Gasteiger partial charge in [-0.3, -0.25) is 4.79 Å². The molecule has 0 bridgehead atoms. The van der Waals surface area contributed by atoms with Gasteiger partial charge in [-0.05, 0) is 30.7 Å². The van der Waals surface area contributed by atoms with Crippen molar-refractivity contribution in [1.82, 2.24) is 0 Å². The molecule has 1 amide bonds. The molecule has 0 aliphatic carbocycles. The predicted octanol–water partition coefficient (Wildman–Crippen LogP) is 2.09. The smallest absolute Gasteiger partial charge is 0.250 e. The molecule has 1 rings (SSSR count). The molecule has 0 saturated heterocycles. The van der Waals surface area contributed by atoms with Crippen molar-refractivity contribution in [2.75, 3.05) is 18.5 Å². The molecule has 4 nitrogen and oxygen atoms in total. The Labute approximate surface area is 101 Å². The molecule has 0 aliphatic heterocycles. The highest BCUT2D eigenvalue weighted by Gasteiger charge is 2.01. The van der Waals surface area contributed by atoms with Gasteiger partial charge in [-0.1, -0.05) is 6.08 Å². The molecule has 0 aromatic heterocycles. The van der Waals surface area contributed by atoms with Crippen LogP contribution in [0.2, 0.25) is 0 Å². The summed E-state index contributed by atoms with van der Waals surface area (Å²) in [4.78, 5) is 11.4. The molecule has 0 fully saturated rings. The van der Waals surface area contributed by atoms with Gasteiger partial charge in [-0.2, -0.15) is 5.26 Å². The monoisotopic (exact) mass is 230 g/mol. The Bertz CT molecular complexity index is 418. The topological polar surface area (TPSA) is 62.1 Å². The second-order valence-electron chi connectivity index (χ2n) is 3.37. The zero-order chi connectivity index (χ0) is 12.5. The highest BCUT2D eigenvalue weighted by atomic mass is 16.5. The highest BCUT2D eigenvalue weighted by Crippen LogP contribution is 2.08. The van der Waals surface area contributed by atoms with Gasteiger partial charge in [0.1, 0.15) is 6.61 Å². The molecular weight excluding hydrogens is 216 g/mol. The third-order valence-electron chi connectivity index (χ3n) is 2.00. The van der Waals surface area contributed by atoms with Crippen LogP contribution in [0.1, 0.15) is 12.0 Å². The normalized spacial score (nSPS) is 9.35.